The highest BCUT2D eigenvalue weighted by Gasteiger charge is 2.36. The third-order valence-corrected chi connectivity index (χ3v) is 8.05. The summed E-state index contributed by atoms with van der Waals surface area (Å²) in [7, 11) is 2.07. The number of benzene rings is 2. The summed E-state index contributed by atoms with van der Waals surface area (Å²) < 4.78 is 0. The van der Waals surface area contributed by atoms with Gasteiger partial charge in [0.05, 0.1) is 23.6 Å². The van der Waals surface area contributed by atoms with Gasteiger partial charge in [-0.3, -0.25) is 4.79 Å². The lowest BCUT2D eigenvalue weighted by atomic mass is 9.83. The Hall–Kier alpha value is -3.71. The summed E-state index contributed by atoms with van der Waals surface area (Å²) in [5.74, 6) is 0.337. The normalized spacial score (nSPS) is 19.2. The van der Waals surface area contributed by atoms with E-state index in [1.807, 2.05) is 19.9 Å². The molecule has 0 aliphatic carbocycles. The van der Waals surface area contributed by atoms with Crippen molar-refractivity contribution in [2.24, 2.45) is 5.92 Å². The van der Waals surface area contributed by atoms with Crippen LogP contribution in [0.15, 0.2) is 36.5 Å². The second-order valence-corrected chi connectivity index (χ2v) is 11.2. The summed E-state index contributed by atoms with van der Waals surface area (Å²) in [6, 6.07) is 11.3. The van der Waals surface area contributed by atoms with Gasteiger partial charge in [-0.2, -0.15) is 5.26 Å². The summed E-state index contributed by atoms with van der Waals surface area (Å²) in [6.45, 7) is 6.21. The van der Waals surface area contributed by atoms with Crippen LogP contribution in [-0.4, -0.2) is 59.2 Å². The Balaban J connectivity index is 1.41. The number of likely N-dealkylation sites (tertiary alicyclic amines) is 1. The maximum absolute atomic E-state index is 12.9. The maximum Gasteiger partial charge on any atom is 0.227 e. The van der Waals surface area contributed by atoms with Crippen molar-refractivity contribution in [1.82, 2.24) is 14.9 Å². The first-order valence-corrected chi connectivity index (χ1v) is 13.4. The number of rotatable bonds is 6. The molecule has 5 rings (SSSR count). The Morgan fingerprint density at radius 2 is 2.03 bits per heavy atom. The molecule has 1 amide bonds. The highest BCUT2D eigenvalue weighted by atomic mass is 35.5. The molecule has 0 radical (unpaired) electrons. The third kappa shape index (κ3) is 5.41. The highest BCUT2D eigenvalue weighted by Crippen LogP contribution is 2.41. The number of amides is 1. The zero-order valence-electron chi connectivity index (χ0n) is 22.3. The van der Waals surface area contributed by atoms with Crippen LogP contribution in [0.25, 0.3) is 11.3 Å². The number of hydrogen-bond acceptors (Lipinski definition) is 8. The number of aliphatic hydroxyl groups is 1. The van der Waals surface area contributed by atoms with Crippen LogP contribution < -0.4 is 16.0 Å². The molecule has 202 valence electrons. The van der Waals surface area contributed by atoms with Crippen LogP contribution in [0.3, 0.4) is 0 Å². The molecule has 1 saturated heterocycles. The minimum absolute atomic E-state index is 0.00643. The van der Waals surface area contributed by atoms with Gasteiger partial charge >= 0.3 is 0 Å². The fourth-order valence-electron chi connectivity index (χ4n) is 5.21. The van der Waals surface area contributed by atoms with Gasteiger partial charge in [0.15, 0.2) is 0 Å². The summed E-state index contributed by atoms with van der Waals surface area (Å²) in [6.07, 6.45) is 3.31. The molecule has 9 nitrogen and oxygen atoms in total. The molecule has 0 unspecified atom stereocenters. The molecule has 39 heavy (non-hydrogen) atoms. The lowest BCUT2D eigenvalue weighted by Gasteiger charge is -2.28. The molecule has 1 aromatic heterocycles. The van der Waals surface area contributed by atoms with E-state index in [4.69, 9.17) is 16.6 Å². The Kier molecular flexibility index (Phi) is 7.45. The van der Waals surface area contributed by atoms with E-state index in [9.17, 15) is 15.2 Å². The van der Waals surface area contributed by atoms with Gasteiger partial charge in [0.1, 0.15) is 6.07 Å². The van der Waals surface area contributed by atoms with E-state index in [0.29, 0.717) is 40.1 Å². The monoisotopic (exact) mass is 545 g/mol. The van der Waals surface area contributed by atoms with Gasteiger partial charge in [0.2, 0.25) is 11.9 Å². The van der Waals surface area contributed by atoms with E-state index < -0.39 is 5.41 Å². The van der Waals surface area contributed by atoms with Crippen molar-refractivity contribution in [3.8, 4) is 17.3 Å². The van der Waals surface area contributed by atoms with Gasteiger partial charge in [-0.25, -0.2) is 9.97 Å². The fraction of sp³-hybridized carbons (Fsp3) is 0.379. The van der Waals surface area contributed by atoms with E-state index in [2.05, 4.69) is 39.0 Å². The van der Waals surface area contributed by atoms with Crippen molar-refractivity contribution < 1.29 is 9.90 Å². The molecule has 2 aliphatic rings. The van der Waals surface area contributed by atoms with Gasteiger partial charge in [-0.1, -0.05) is 18.5 Å². The lowest BCUT2D eigenvalue weighted by molar-refractivity contribution is -0.121. The van der Waals surface area contributed by atoms with Crippen LogP contribution in [0.2, 0.25) is 5.02 Å². The summed E-state index contributed by atoms with van der Waals surface area (Å²) in [5.41, 5.74) is 5.21. The second-order valence-electron chi connectivity index (χ2n) is 10.7. The molecular weight excluding hydrogens is 514 g/mol. The Labute approximate surface area is 233 Å². The minimum Gasteiger partial charge on any atom is -0.395 e. The average Bonchev–Trinajstić information content (AvgIpc) is 3.28. The lowest BCUT2D eigenvalue weighted by Crippen LogP contribution is -2.36. The quantitative estimate of drug-likeness (QED) is 0.352. The molecule has 2 aliphatic heterocycles. The van der Waals surface area contributed by atoms with Crippen molar-refractivity contribution in [1.29, 1.82) is 5.26 Å². The highest BCUT2D eigenvalue weighted by molar-refractivity contribution is 6.31. The largest absolute Gasteiger partial charge is 0.395 e. The average molecular weight is 546 g/mol. The molecule has 0 spiro atoms. The predicted molar refractivity (Wildman–Crippen MR) is 153 cm³/mol. The second kappa shape index (κ2) is 10.8. The van der Waals surface area contributed by atoms with Crippen molar-refractivity contribution in [2.75, 3.05) is 49.2 Å². The van der Waals surface area contributed by atoms with E-state index in [1.165, 1.54) is 0 Å². The zero-order chi connectivity index (χ0) is 27.7. The number of aromatic nitrogens is 2. The number of carbonyl (C=O) groups is 1. The molecule has 1 fully saturated rings. The van der Waals surface area contributed by atoms with Crippen LogP contribution in [0.5, 0.6) is 0 Å². The van der Waals surface area contributed by atoms with Crippen LogP contribution >= 0.6 is 11.6 Å². The molecule has 3 heterocycles. The van der Waals surface area contributed by atoms with E-state index in [1.54, 1.807) is 30.5 Å². The fourth-order valence-corrected chi connectivity index (χ4v) is 5.43. The Bertz CT molecular complexity index is 1460. The first-order chi connectivity index (χ1) is 18.7. The Morgan fingerprint density at radius 1 is 1.28 bits per heavy atom. The summed E-state index contributed by atoms with van der Waals surface area (Å²) in [4.78, 5) is 24.3. The van der Waals surface area contributed by atoms with Crippen molar-refractivity contribution in [2.45, 2.75) is 32.1 Å². The predicted octanol–water partition coefficient (Wildman–Crippen LogP) is 4.68. The number of nitrogens with zero attached hydrogens (tertiary/aromatic N) is 4. The van der Waals surface area contributed by atoms with Gasteiger partial charge in [0.25, 0.3) is 0 Å². The van der Waals surface area contributed by atoms with Crippen molar-refractivity contribution >= 4 is 40.5 Å². The molecule has 4 N–H and O–H groups in total. The van der Waals surface area contributed by atoms with Crippen LogP contribution in [0.4, 0.5) is 23.0 Å². The molecule has 3 aromatic rings. The first-order valence-electron chi connectivity index (χ1n) is 13.0. The molecule has 0 bridgehead atoms. The summed E-state index contributed by atoms with van der Waals surface area (Å²) >= 11 is 6.44. The molecule has 2 aromatic carbocycles. The maximum atomic E-state index is 12.9. The Morgan fingerprint density at radius 3 is 2.74 bits per heavy atom. The van der Waals surface area contributed by atoms with Crippen LogP contribution in [-0.2, 0) is 10.2 Å². The number of nitriles is 1. The SMILES string of the molecule is Cc1c(NC(=O)C2CCN(C)CC2)cc(Cl)cc1Nc1nccc(-c2cc(C#N)c3c(c2)[C@@](C)(CO)CN3)n1. The van der Waals surface area contributed by atoms with Crippen molar-refractivity contribution in [3.05, 3.63) is 58.2 Å². The number of aliphatic hydroxyl groups excluding tert-OH is 1. The third-order valence-electron chi connectivity index (χ3n) is 7.83. The standard InChI is InChI=1S/C29H32ClN7O2/c1-17-24(34-27(39)18-5-8-37(3)9-6-18)12-21(30)13-25(17)36-28-32-7-4-23(35-28)19-10-20(14-31)26-22(11-19)29(2,16-38)15-33-26/h4,7,10-13,18,33,38H,5-6,8-9,15-16H2,1-3H3,(H,34,39)(H,32,35,36)/t29-/m1/s1. The number of halogens is 1. The van der Waals surface area contributed by atoms with E-state index in [-0.39, 0.29) is 18.4 Å². The van der Waals surface area contributed by atoms with E-state index in [0.717, 1.165) is 48.3 Å². The first kappa shape index (κ1) is 26.9. The number of fused-ring (bicyclic) bond motifs is 1. The molecule has 1 atom stereocenters. The van der Waals surface area contributed by atoms with Crippen molar-refractivity contribution in [3.63, 3.8) is 0 Å². The summed E-state index contributed by atoms with van der Waals surface area (Å²) in [5, 5.41) is 29.8. The van der Waals surface area contributed by atoms with E-state index >= 15 is 0 Å². The van der Waals surface area contributed by atoms with Crippen LogP contribution in [0.1, 0.15) is 36.5 Å². The van der Waals surface area contributed by atoms with Gasteiger partial charge in [-0.15, -0.1) is 0 Å². The van der Waals surface area contributed by atoms with Gasteiger partial charge in [-0.05, 0) is 81.4 Å². The van der Waals surface area contributed by atoms with Crippen LogP contribution in [0, 0.1) is 24.2 Å². The number of piperidine rings is 1. The molecule has 10 heteroatoms. The number of carbonyl (C=O) groups excluding carboxylic acids is 1. The molecular formula is C29H32ClN7O2. The van der Waals surface area contributed by atoms with Gasteiger partial charge in [0, 0.05) is 46.0 Å². The minimum atomic E-state index is -0.489. The zero-order valence-corrected chi connectivity index (χ0v) is 23.1. The van der Waals surface area contributed by atoms with Gasteiger partial charge < -0.3 is 26.0 Å². The smallest absolute Gasteiger partial charge is 0.227 e. The number of nitrogens with one attached hydrogen (secondary N) is 3. The number of anilines is 4. The molecule has 0 saturated carbocycles. The number of hydrogen-bond donors (Lipinski definition) is 4. The topological polar surface area (TPSA) is 126 Å².